The maximum absolute atomic E-state index is 13.8. The van der Waals surface area contributed by atoms with Crippen molar-refractivity contribution in [3.63, 3.8) is 0 Å². The fourth-order valence-corrected chi connectivity index (χ4v) is 6.06. The van der Waals surface area contributed by atoms with Gasteiger partial charge in [0.15, 0.2) is 5.11 Å². The molecule has 2 amide bonds. The average Bonchev–Trinajstić information content (AvgIpc) is 3.29. The molecule has 2 aliphatic heterocycles. The van der Waals surface area contributed by atoms with Crippen LogP contribution in [-0.2, 0) is 9.59 Å². The first-order chi connectivity index (χ1) is 21.5. The first-order valence-electron chi connectivity index (χ1n) is 15.3. The highest BCUT2D eigenvalue weighted by Crippen LogP contribution is 2.30. The first kappa shape index (κ1) is 31.3. The maximum atomic E-state index is 13.8. The summed E-state index contributed by atoms with van der Waals surface area (Å²) in [6, 6.07) is 24.4. The van der Waals surface area contributed by atoms with Crippen LogP contribution in [0.25, 0.3) is 0 Å². The van der Waals surface area contributed by atoms with Gasteiger partial charge in [-0.2, -0.15) is 0 Å². The van der Waals surface area contributed by atoms with E-state index in [4.69, 9.17) is 21.7 Å². The molecule has 0 bridgehead atoms. The van der Waals surface area contributed by atoms with Crippen LogP contribution in [0.15, 0.2) is 78.9 Å². The summed E-state index contributed by atoms with van der Waals surface area (Å²) in [5.41, 5.74) is 2.54. The lowest BCUT2D eigenvalue weighted by molar-refractivity contribution is -0.124. The van der Waals surface area contributed by atoms with Gasteiger partial charge in [-0.25, -0.2) is 0 Å². The fraction of sp³-hybridized carbons (Fsp3) is 0.382. The number of piperazine rings is 1. The van der Waals surface area contributed by atoms with Crippen LogP contribution in [0.1, 0.15) is 26.2 Å². The van der Waals surface area contributed by atoms with E-state index in [-0.39, 0.29) is 18.2 Å². The first-order valence-corrected chi connectivity index (χ1v) is 15.7. The summed E-state index contributed by atoms with van der Waals surface area (Å²) in [6.45, 7) is 8.05. The van der Waals surface area contributed by atoms with E-state index in [1.54, 1.807) is 13.2 Å². The van der Waals surface area contributed by atoms with Gasteiger partial charge in [-0.15, -0.1) is 0 Å². The lowest BCUT2D eigenvalue weighted by Crippen LogP contribution is -2.47. The number of carbonyl (C=O) groups is 2. The summed E-state index contributed by atoms with van der Waals surface area (Å²) >= 11 is 5.87. The molecule has 0 spiro atoms. The van der Waals surface area contributed by atoms with Crippen molar-refractivity contribution in [3.8, 4) is 11.5 Å². The van der Waals surface area contributed by atoms with Crippen LogP contribution in [0.4, 0.5) is 17.1 Å². The highest BCUT2D eigenvalue weighted by molar-refractivity contribution is 7.80. The monoisotopic (exact) mass is 615 g/mol. The number of nitrogens with one attached hydrogen (secondary N) is 1. The molecule has 0 unspecified atom stereocenters. The Kier molecular flexibility index (Phi) is 10.7. The second-order valence-electron chi connectivity index (χ2n) is 11.0. The summed E-state index contributed by atoms with van der Waals surface area (Å²) in [5.74, 6) is 0.927. The van der Waals surface area contributed by atoms with E-state index < -0.39 is 6.04 Å². The van der Waals surface area contributed by atoms with Gasteiger partial charge in [0.25, 0.3) is 5.91 Å². The van der Waals surface area contributed by atoms with Crippen LogP contribution < -0.4 is 24.6 Å². The van der Waals surface area contributed by atoms with E-state index in [2.05, 4.69) is 46.3 Å². The van der Waals surface area contributed by atoms with E-state index in [0.717, 1.165) is 51.3 Å². The minimum atomic E-state index is -0.698. The largest absolute Gasteiger partial charge is 0.497 e. The molecule has 0 radical (unpaired) electrons. The topological polar surface area (TPSA) is 77.6 Å². The molecule has 3 aromatic carbocycles. The van der Waals surface area contributed by atoms with Gasteiger partial charge in [0, 0.05) is 50.2 Å². The Morgan fingerprint density at radius 1 is 0.909 bits per heavy atom. The molecular formula is C34H41N5O4S. The third-order valence-electron chi connectivity index (χ3n) is 7.99. The van der Waals surface area contributed by atoms with E-state index in [0.29, 0.717) is 35.4 Å². The van der Waals surface area contributed by atoms with Gasteiger partial charge in [-0.3, -0.25) is 19.4 Å². The van der Waals surface area contributed by atoms with Gasteiger partial charge >= 0.3 is 0 Å². The Morgan fingerprint density at radius 2 is 1.64 bits per heavy atom. The second-order valence-corrected chi connectivity index (χ2v) is 11.4. The zero-order valence-electron chi connectivity index (χ0n) is 25.5. The van der Waals surface area contributed by atoms with E-state index in [1.807, 2.05) is 53.4 Å². The average molecular weight is 616 g/mol. The molecule has 5 rings (SSSR count). The van der Waals surface area contributed by atoms with Crippen LogP contribution in [-0.4, -0.2) is 85.8 Å². The number of amides is 2. The smallest absolute Gasteiger partial charge is 0.256 e. The van der Waals surface area contributed by atoms with Crippen molar-refractivity contribution in [2.24, 2.45) is 0 Å². The Morgan fingerprint density at radius 3 is 2.34 bits per heavy atom. The summed E-state index contributed by atoms with van der Waals surface area (Å²) < 4.78 is 11.0. The van der Waals surface area contributed by atoms with Crippen LogP contribution in [0.2, 0.25) is 0 Å². The lowest BCUT2D eigenvalue weighted by Gasteiger charge is -2.36. The Hall–Kier alpha value is -4.15. The van der Waals surface area contributed by atoms with E-state index in [1.165, 1.54) is 10.6 Å². The minimum absolute atomic E-state index is 0.0106. The van der Waals surface area contributed by atoms with Crippen molar-refractivity contribution in [1.29, 1.82) is 0 Å². The third kappa shape index (κ3) is 7.67. The number of methoxy groups -OCH3 is 1. The predicted octanol–water partition coefficient (Wildman–Crippen LogP) is 5.03. The molecule has 0 aromatic heterocycles. The molecule has 1 N–H and O–H groups in total. The van der Waals surface area contributed by atoms with Crippen LogP contribution in [0.3, 0.4) is 0 Å². The minimum Gasteiger partial charge on any atom is -0.497 e. The Balaban J connectivity index is 1.23. The number of para-hydroxylation sites is 1. The van der Waals surface area contributed by atoms with Crippen molar-refractivity contribution in [2.45, 2.75) is 32.2 Å². The van der Waals surface area contributed by atoms with Crippen molar-refractivity contribution in [1.82, 2.24) is 9.80 Å². The Labute approximate surface area is 265 Å². The number of hydrogen-bond donors (Lipinski definition) is 1. The lowest BCUT2D eigenvalue weighted by atomic mass is 10.1. The number of ether oxygens (including phenoxy) is 2. The number of carbonyl (C=O) groups excluding carboxylic acids is 2. The molecule has 44 heavy (non-hydrogen) atoms. The second kappa shape index (κ2) is 15.0. The molecular weight excluding hydrogens is 574 g/mol. The fourth-order valence-electron chi connectivity index (χ4n) is 5.65. The molecule has 2 heterocycles. The molecule has 2 saturated heterocycles. The third-order valence-corrected chi connectivity index (χ3v) is 8.40. The number of nitrogens with zero attached hydrogens (tertiary/aromatic N) is 4. The number of thiocarbonyl (C=S) groups is 1. The van der Waals surface area contributed by atoms with Crippen LogP contribution in [0.5, 0.6) is 11.5 Å². The van der Waals surface area contributed by atoms with Crippen molar-refractivity contribution < 1.29 is 19.1 Å². The van der Waals surface area contributed by atoms with Crippen LogP contribution >= 0.6 is 12.2 Å². The van der Waals surface area contributed by atoms with Gasteiger partial charge in [0.2, 0.25) is 5.91 Å². The molecule has 2 aliphatic rings. The molecule has 1 atom stereocenters. The van der Waals surface area contributed by atoms with Crippen molar-refractivity contribution in [2.75, 3.05) is 68.1 Å². The number of hydrogen-bond acceptors (Lipinski definition) is 7. The molecule has 0 aliphatic carbocycles. The van der Waals surface area contributed by atoms with E-state index >= 15 is 0 Å². The molecule has 0 saturated carbocycles. The number of anilines is 3. The van der Waals surface area contributed by atoms with Gasteiger partial charge in [-0.1, -0.05) is 31.2 Å². The molecule has 2 fully saturated rings. The number of rotatable bonds is 13. The van der Waals surface area contributed by atoms with Gasteiger partial charge in [0.05, 0.1) is 25.8 Å². The SMILES string of the molecule is CCCOc1ccc(NC(=O)C[C@H]2C(=O)N(c3cccc(OC)c3)C(=S)N2CCCN2CCN(c3ccccc3)CC2)cc1. The van der Waals surface area contributed by atoms with Crippen LogP contribution in [0, 0.1) is 0 Å². The summed E-state index contributed by atoms with van der Waals surface area (Å²) in [6.07, 6.45) is 1.73. The molecule has 232 valence electrons. The molecule has 10 heteroatoms. The van der Waals surface area contributed by atoms with Gasteiger partial charge in [0.1, 0.15) is 17.5 Å². The maximum Gasteiger partial charge on any atom is 0.256 e. The Bertz CT molecular complexity index is 1410. The van der Waals surface area contributed by atoms with Gasteiger partial charge in [-0.05, 0) is 80.1 Å². The summed E-state index contributed by atoms with van der Waals surface area (Å²) in [5, 5.41) is 3.35. The normalized spacial score (nSPS) is 17.2. The highest BCUT2D eigenvalue weighted by atomic mass is 32.1. The summed E-state index contributed by atoms with van der Waals surface area (Å²) in [4.78, 5) is 35.4. The molecule has 3 aromatic rings. The van der Waals surface area contributed by atoms with Crippen molar-refractivity contribution in [3.05, 3.63) is 78.9 Å². The predicted molar refractivity (Wildman–Crippen MR) is 179 cm³/mol. The number of benzene rings is 3. The zero-order valence-corrected chi connectivity index (χ0v) is 26.3. The quantitative estimate of drug-likeness (QED) is 0.269. The van der Waals surface area contributed by atoms with E-state index in [9.17, 15) is 9.59 Å². The standard InChI is InChI=1S/C34H41N5O4S/c1-3-23-43-29-15-13-26(14-16-29)35-32(40)25-31-33(41)39(28-11-7-12-30(24-28)42-2)34(44)38(31)18-8-17-36-19-21-37(22-20-36)27-9-5-4-6-10-27/h4-7,9-16,24,31H,3,8,17-23,25H2,1-2H3,(H,35,40)/t31-/m0/s1. The van der Waals surface area contributed by atoms with Gasteiger partial charge < -0.3 is 24.6 Å². The van der Waals surface area contributed by atoms with Crippen molar-refractivity contribution >= 4 is 46.2 Å². The summed E-state index contributed by atoms with van der Waals surface area (Å²) in [7, 11) is 1.59. The highest BCUT2D eigenvalue weighted by Gasteiger charge is 2.44. The zero-order chi connectivity index (χ0) is 30.9. The molecule has 9 nitrogen and oxygen atoms in total.